The van der Waals surface area contributed by atoms with Crippen molar-refractivity contribution in [3.63, 3.8) is 0 Å². The van der Waals surface area contributed by atoms with Gasteiger partial charge in [-0.2, -0.15) is 4.98 Å². The van der Waals surface area contributed by atoms with Crippen molar-refractivity contribution in [1.82, 2.24) is 15.5 Å². The molecule has 0 aliphatic carbocycles. The van der Waals surface area contributed by atoms with Crippen LogP contribution in [-0.4, -0.2) is 30.3 Å². The van der Waals surface area contributed by atoms with E-state index >= 15 is 0 Å². The molecule has 0 saturated heterocycles. The minimum Gasteiger partial charge on any atom is -0.493 e. The SMILES string of the molecule is COc1cccc(CNC(=O)CCc2nc(-c3ccc(C(C)C)cc3)no2)c1OC. The van der Waals surface area contributed by atoms with Gasteiger partial charge in [0.25, 0.3) is 0 Å². The van der Waals surface area contributed by atoms with Crippen molar-refractivity contribution in [2.75, 3.05) is 14.2 Å². The Bertz CT molecular complexity index is 980. The topological polar surface area (TPSA) is 86.5 Å². The Morgan fingerprint density at radius 2 is 1.87 bits per heavy atom. The number of rotatable bonds is 9. The van der Waals surface area contributed by atoms with E-state index in [-0.39, 0.29) is 12.3 Å². The zero-order chi connectivity index (χ0) is 21.5. The fraction of sp³-hybridized carbons (Fsp3) is 0.348. The molecule has 1 aromatic heterocycles. The van der Waals surface area contributed by atoms with Gasteiger partial charge in [-0.1, -0.05) is 55.4 Å². The van der Waals surface area contributed by atoms with Gasteiger partial charge in [0.1, 0.15) is 0 Å². The molecule has 0 aliphatic heterocycles. The zero-order valence-electron chi connectivity index (χ0n) is 17.8. The molecule has 0 radical (unpaired) electrons. The van der Waals surface area contributed by atoms with Crippen LogP contribution < -0.4 is 14.8 Å². The number of para-hydroxylation sites is 1. The molecule has 0 saturated carbocycles. The normalized spacial score (nSPS) is 10.8. The van der Waals surface area contributed by atoms with Crippen LogP contribution in [0.1, 0.15) is 43.2 Å². The maximum atomic E-state index is 12.2. The maximum Gasteiger partial charge on any atom is 0.227 e. The molecule has 3 aromatic rings. The summed E-state index contributed by atoms with van der Waals surface area (Å²) in [5.74, 6) is 2.57. The van der Waals surface area contributed by atoms with Crippen molar-refractivity contribution in [1.29, 1.82) is 0 Å². The van der Waals surface area contributed by atoms with Crippen LogP contribution in [0.4, 0.5) is 0 Å². The Labute approximate surface area is 176 Å². The summed E-state index contributed by atoms with van der Waals surface area (Å²) in [5, 5.41) is 6.91. The molecular formula is C23H27N3O4. The first kappa shape index (κ1) is 21.4. The number of aryl methyl sites for hydroxylation is 1. The highest BCUT2D eigenvalue weighted by molar-refractivity contribution is 5.76. The van der Waals surface area contributed by atoms with E-state index < -0.39 is 0 Å². The quantitative estimate of drug-likeness (QED) is 0.572. The zero-order valence-corrected chi connectivity index (χ0v) is 17.8. The van der Waals surface area contributed by atoms with Crippen molar-refractivity contribution in [2.45, 2.75) is 39.2 Å². The molecule has 1 amide bonds. The predicted molar refractivity (Wildman–Crippen MR) is 114 cm³/mol. The molecule has 0 unspecified atom stereocenters. The van der Waals surface area contributed by atoms with Gasteiger partial charge in [-0.05, 0) is 17.5 Å². The van der Waals surface area contributed by atoms with Gasteiger partial charge < -0.3 is 19.3 Å². The average molecular weight is 409 g/mol. The monoisotopic (exact) mass is 409 g/mol. The lowest BCUT2D eigenvalue weighted by molar-refractivity contribution is -0.121. The lowest BCUT2D eigenvalue weighted by Gasteiger charge is -2.13. The number of amides is 1. The van der Waals surface area contributed by atoms with Crippen LogP contribution in [0, 0.1) is 0 Å². The van der Waals surface area contributed by atoms with Crippen molar-refractivity contribution in [3.8, 4) is 22.9 Å². The number of nitrogens with zero attached hydrogens (tertiary/aromatic N) is 2. The second kappa shape index (κ2) is 9.91. The number of hydrogen-bond acceptors (Lipinski definition) is 6. The molecule has 30 heavy (non-hydrogen) atoms. The summed E-state index contributed by atoms with van der Waals surface area (Å²) in [5.41, 5.74) is 2.99. The summed E-state index contributed by atoms with van der Waals surface area (Å²) in [7, 11) is 3.16. The first-order valence-corrected chi connectivity index (χ1v) is 9.91. The Hall–Kier alpha value is -3.35. The molecule has 0 atom stereocenters. The van der Waals surface area contributed by atoms with Crippen LogP contribution in [0.25, 0.3) is 11.4 Å². The molecule has 1 heterocycles. The highest BCUT2D eigenvalue weighted by Gasteiger charge is 2.13. The molecule has 1 N–H and O–H groups in total. The van der Waals surface area contributed by atoms with Crippen molar-refractivity contribution >= 4 is 5.91 Å². The van der Waals surface area contributed by atoms with E-state index in [2.05, 4.69) is 41.4 Å². The van der Waals surface area contributed by atoms with Crippen molar-refractivity contribution in [2.24, 2.45) is 0 Å². The minimum absolute atomic E-state index is 0.110. The minimum atomic E-state index is -0.110. The average Bonchev–Trinajstić information content (AvgIpc) is 3.25. The molecular weight excluding hydrogens is 382 g/mol. The van der Waals surface area contributed by atoms with Gasteiger partial charge in [0.05, 0.1) is 14.2 Å². The summed E-state index contributed by atoms with van der Waals surface area (Å²) < 4.78 is 16.0. The molecule has 0 fully saturated rings. The van der Waals surface area contributed by atoms with Crippen LogP contribution >= 0.6 is 0 Å². The number of ether oxygens (including phenoxy) is 2. The molecule has 0 bridgehead atoms. The highest BCUT2D eigenvalue weighted by Crippen LogP contribution is 2.30. The van der Waals surface area contributed by atoms with Crippen molar-refractivity contribution < 1.29 is 18.8 Å². The number of carbonyl (C=O) groups is 1. The van der Waals surface area contributed by atoms with Crippen LogP contribution in [0.3, 0.4) is 0 Å². The fourth-order valence-electron chi connectivity index (χ4n) is 3.09. The number of hydrogen-bond donors (Lipinski definition) is 1. The first-order valence-electron chi connectivity index (χ1n) is 9.91. The predicted octanol–water partition coefficient (Wildman–Crippen LogP) is 4.13. The number of aromatic nitrogens is 2. The third-order valence-electron chi connectivity index (χ3n) is 4.83. The van der Waals surface area contributed by atoms with E-state index in [1.54, 1.807) is 14.2 Å². The van der Waals surface area contributed by atoms with Crippen molar-refractivity contribution in [3.05, 3.63) is 59.5 Å². The van der Waals surface area contributed by atoms with Crippen LogP contribution in [0.5, 0.6) is 11.5 Å². The van der Waals surface area contributed by atoms with Gasteiger partial charge in [0.15, 0.2) is 11.5 Å². The van der Waals surface area contributed by atoms with E-state index in [1.165, 1.54) is 5.56 Å². The number of nitrogens with one attached hydrogen (secondary N) is 1. The molecule has 0 spiro atoms. The fourth-order valence-corrected chi connectivity index (χ4v) is 3.09. The van der Waals surface area contributed by atoms with Crippen LogP contribution in [-0.2, 0) is 17.8 Å². The van der Waals surface area contributed by atoms with Gasteiger partial charge in [0, 0.05) is 30.5 Å². The largest absolute Gasteiger partial charge is 0.493 e. The standard InChI is InChI=1S/C23H27N3O4/c1-15(2)16-8-10-17(11-9-16)23-25-21(30-26-23)13-12-20(27)24-14-18-6-5-7-19(28-3)22(18)29-4/h5-11,15H,12-14H2,1-4H3,(H,24,27). The molecule has 3 rings (SSSR count). The maximum absolute atomic E-state index is 12.2. The number of benzene rings is 2. The molecule has 7 nitrogen and oxygen atoms in total. The third kappa shape index (κ3) is 5.17. The summed E-state index contributed by atoms with van der Waals surface area (Å²) in [6, 6.07) is 13.7. The highest BCUT2D eigenvalue weighted by atomic mass is 16.5. The first-order chi connectivity index (χ1) is 14.5. The van der Waals surface area contributed by atoms with Gasteiger partial charge in [-0.3, -0.25) is 4.79 Å². The Balaban J connectivity index is 1.53. The van der Waals surface area contributed by atoms with Gasteiger partial charge in [-0.25, -0.2) is 0 Å². The molecule has 7 heteroatoms. The van der Waals surface area contributed by atoms with Gasteiger partial charge >= 0.3 is 0 Å². The van der Waals surface area contributed by atoms with Gasteiger partial charge in [-0.15, -0.1) is 0 Å². The van der Waals surface area contributed by atoms with Gasteiger partial charge in [0.2, 0.25) is 17.6 Å². The summed E-state index contributed by atoms with van der Waals surface area (Å²) >= 11 is 0. The third-order valence-corrected chi connectivity index (χ3v) is 4.83. The molecule has 158 valence electrons. The Morgan fingerprint density at radius 1 is 1.10 bits per heavy atom. The van der Waals surface area contributed by atoms with Crippen LogP contribution in [0.2, 0.25) is 0 Å². The van der Waals surface area contributed by atoms with E-state index in [1.807, 2.05) is 30.3 Å². The molecule has 0 aliphatic rings. The second-order valence-electron chi connectivity index (χ2n) is 7.22. The Morgan fingerprint density at radius 3 is 2.53 bits per heavy atom. The second-order valence-corrected chi connectivity index (χ2v) is 7.22. The smallest absolute Gasteiger partial charge is 0.227 e. The number of methoxy groups -OCH3 is 2. The lowest BCUT2D eigenvalue weighted by atomic mass is 10.0. The van der Waals surface area contributed by atoms with E-state index in [0.717, 1.165) is 11.1 Å². The van der Waals surface area contributed by atoms with Crippen LogP contribution in [0.15, 0.2) is 47.0 Å². The number of carbonyl (C=O) groups excluding carboxylic acids is 1. The molecule has 2 aromatic carbocycles. The summed E-state index contributed by atoms with van der Waals surface area (Å²) in [4.78, 5) is 16.6. The summed E-state index contributed by atoms with van der Waals surface area (Å²) in [6.07, 6.45) is 0.623. The van der Waals surface area contributed by atoms with E-state index in [4.69, 9.17) is 14.0 Å². The Kier molecular flexibility index (Phi) is 7.06. The lowest BCUT2D eigenvalue weighted by Crippen LogP contribution is -2.23. The van der Waals surface area contributed by atoms with E-state index in [0.29, 0.717) is 42.1 Å². The van der Waals surface area contributed by atoms with E-state index in [9.17, 15) is 4.79 Å². The summed E-state index contributed by atoms with van der Waals surface area (Å²) in [6.45, 7) is 4.64.